The molecule has 2 nitrogen and oxygen atoms in total. The van der Waals surface area contributed by atoms with E-state index in [-0.39, 0.29) is 18.0 Å². The van der Waals surface area contributed by atoms with Gasteiger partial charge in [0.1, 0.15) is 5.78 Å². The first-order valence-corrected chi connectivity index (χ1v) is 2.72. The second-order valence-corrected chi connectivity index (χ2v) is 2.08. The number of rotatable bonds is 3. The normalized spacial score (nSPS) is 8.67. The van der Waals surface area contributed by atoms with Crippen molar-refractivity contribution in [1.29, 1.82) is 0 Å². The summed E-state index contributed by atoms with van der Waals surface area (Å²) in [7, 11) is 0. The molecule has 0 atom stereocenters. The van der Waals surface area contributed by atoms with Crippen LogP contribution in [-0.4, -0.2) is 11.6 Å². The average molecular weight is 126 g/mol. The molecule has 0 aromatic heterocycles. The van der Waals surface area contributed by atoms with Gasteiger partial charge in [-0.1, -0.05) is 6.58 Å². The number of carbonyl (C=O) groups is 2. The third-order valence-electron chi connectivity index (χ3n) is 0.886. The van der Waals surface area contributed by atoms with Crippen LogP contribution in [0.5, 0.6) is 0 Å². The minimum absolute atomic E-state index is 0.00463. The molecule has 0 unspecified atom stereocenters. The molecule has 0 fully saturated rings. The van der Waals surface area contributed by atoms with Crippen molar-refractivity contribution in [3.8, 4) is 0 Å². The second-order valence-electron chi connectivity index (χ2n) is 2.08. The predicted molar refractivity (Wildman–Crippen MR) is 35.1 cm³/mol. The Kier molecular flexibility index (Phi) is 2.85. The topological polar surface area (TPSA) is 34.1 Å². The monoisotopic (exact) mass is 126 g/mol. The smallest absolute Gasteiger partial charge is 0.165 e. The lowest BCUT2D eigenvalue weighted by atomic mass is 10.1. The molecule has 0 bridgehead atoms. The van der Waals surface area contributed by atoms with Crippen LogP contribution < -0.4 is 0 Å². The Bertz CT molecular complexity index is 156. The maximum Gasteiger partial charge on any atom is 0.165 e. The van der Waals surface area contributed by atoms with Crippen molar-refractivity contribution in [3.05, 3.63) is 12.2 Å². The lowest BCUT2D eigenvalue weighted by molar-refractivity contribution is -0.123. The molecular weight excluding hydrogens is 116 g/mol. The largest absolute Gasteiger partial charge is 0.300 e. The van der Waals surface area contributed by atoms with E-state index in [0.29, 0.717) is 5.57 Å². The van der Waals surface area contributed by atoms with Gasteiger partial charge in [0.2, 0.25) is 0 Å². The molecule has 9 heavy (non-hydrogen) atoms. The molecule has 0 aromatic carbocycles. The highest BCUT2D eigenvalue weighted by Crippen LogP contribution is 1.94. The number of hydrogen-bond donors (Lipinski definition) is 0. The van der Waals surface area contributed by atoms with Gasteiger partial charge in [0, 0.05) is 0 Å². The zero-order valence-electron chi connectivity index (χ0n) is 5.73. The standard InChI is InChI=1S/C7H10O2/c1-5(2)7(9)4-6(3)8/h1,4H2,2-3H3. The zero-order chi connectivity index (χ0) is 7.44. The van der Waals surface area contributed by atoms with Gasteiger partial charge < -0.3 is 0 Å². The van der Waals surface area contributed by atoms with Gasteiger partial charge in [-0.25, -0.2) is 0 Å². The van der Waals surface area contributed by atoms with Gasteiger partial charge in [0.05, 0.1) is 6.42 Å². The molecule has 0 spiro atoms. The average Bonchev–Trinajstić information content (AvgIpc) is 1.63. The fourth-order valence-electron chi connectivity index (χ4n) is 0.377. The van der Waals surface area contributed by atoms with Gasteiger partial charge in [-0.3, -0.25) is 9.59 Å². The highest BCUT2D eigenvalue weighted by Gasteiger charge is 2.03. The summed E-state index contributed by atoms with van der Waals surface area (Å²) in [6.07, 6.45) is -0.00463. The van der Waals surface area contributed by atoms with E-state index in [2.05, 4.69) is 6.58 Å². The van der Waals surface area contributed by atoms with E-state index in [9.17, 15) is 9.59 Å². The molecule has 0 aliphatic heterocycles. The minimum atomic E-state index is -0.164. The lowest BCUT2D eigenvalue weighted by Crippen LogP contribution is -2.03. The molecule has 50 valence electrons. The minimum Gasteiger partial charge on any atom is -0.300 e. The van der Waals surface area contributed by atoms with Crippen molar-refractivity contribution in [2.45, 2.75) is 20.3 Å². The van der Waals surface area contributed by atoms with E-state index in [0.717, 1.165) is 0 Å². The number of hydrogen-bond acceptors (Lipinski definition) is 2. The van der Waals surface area contributed by atoms with Crippen molar-refractivity contribution in [2.75, 3.05) is 0 Å². The highest BCUT2D eigenvalue weighted by molar-refractivity contribution is 6.06. The summed E-state index contributed by atoms with van der Waals surface area (Å²) in [5, 5.41) is 0. The molecule has 0 aromatic rings. The van der Waals surface area contributed by atoms with Crippen molar-refractivity contribution < 1.29 is 9.59 Å². The molecule has 0 aliphatic carbocycles. The Morgan fingerprint density at radius 2 is 1.78 bits per heavy atom. The fraction of sp³-hybridized carbons (Fsp3) is 0.429. The predicted octanol–water partition coefficient (Wildman–Crippen LogP) is 1.11. The third-order valence-corrected chi connectivity index (χ3v) is 0.886. The molecule has 0 saturated carbocycles. The Morgan fingerprint density at radius 3 is 1.89 bits per heavy atom. The summed E-state index contributed by atoms with van der Waals surface area (Å²) in [6, 6.07) is 0. The summed E-state index contributed by atoms with van der Waals surface area (Å²) in [6.45, 7) is 6.40. The van der Waals surface area contributed by atoms with Crippen molar-refractivity contribution in [3.63, 3.8) is 0 Å². The maximum atomic E-state index is 10.6. The molecule has 0 rings (SSSR count). The van der Waals surface area contributed by atoms with Crippen LogP contribution in [0.2, 0.25) is 0 Å². The summed E-state index contributed by atoms with van der Waals surface area (Å²) in [5.41, 5.74) is 0.449. The maximum absolute atomic E-state index is 10.6. The first kappa shape index (κ1) is 8.08. The quantitative estimate of drug-likeness (QED) is 0.419. The van der Waals surface area contributed by atoms with Crippen molar-refractivity contribution in [1.82, 2.24) is 0 Å². The Balaban J connectivity index is 3.79. The van der Waals surface area contributed by atoms with Crippen LogP contribution in [0, 0.1) is 0 Å². The molecule has 0 heterocycles. The molecule has 0 radical (unpaired) electrons. The van der Waals surface area contributed by atoms with Gasteiger partial charge in [-0.2, -0.15) is 0 Å². The van der Waals surface area contributed by atoms with Crippen LogP contribution in [0.3, 0.4) is 0 Å². The first-order chi connectivity index (χ1) is 4.04. The Hall–Kier alpha value is -0.920. The molecular formula is C7H10O2. The summed E-state index contributed by atoms with van der Waals surface area (Å²) >= 11 is 0. The van der Waals surface area contributed by atoms with E-state index in [4.69, 9.17) is 0 Å². The van der Waals surface area contributed by atoms with Crippen LogP contribution in [0.1, 0.15) is 20.3 Å². The van der Waals surface area contributed by atoms with E-state index < -0.39 is 0 Å². The Morgan fingerprint density at radius 1 is 1.33 bits per heavy atom. The Labute approximate surface area is 54.6 Å². The van der Waals surface area contributed by atoms with Crippen LogP contribution in [0.4, 0.5) is 0 Å². The van der Waals surface area contributed by atoms with E-state index in [1.807, 2.05) is 0 Å². The van der Waals surface area contributed by atoms with E-state index in [1.54, 1.807) is 6.92 Å². The van der Waals surface area contributed by atoms with Gasteiger partial charge >= 0.3 is 0 Å². The number of ketones is 2. The third kappa shape index (κ3) is 3.64. The summed E-state index contributed by atoms with van der Waals surface area (Å²) in [5.74, 6) is -0.273. The van der Waals surface area contributed by atoms with Crippen LogP contribution in [0.15, 0.2) is 12.2 Å². The number of carbonyl (C=O) groups excluding carboxylic acids is 2. The van der Waals surface area contributed by atoms with Gasteiger partial charge in [-0.05, 0) is 19.4 Å². The van der Waals surface area contributed by atoms with Gasteiger partial charge in [0.25, 0.3) is 0 Å². The SMILES string of the molecule is C=C(C)C(=O)CC(C)=O. The van der Waals surface area contributed by atoms with Crippen molar-refractivity contribution >= 4 is 11.6 Å². The summed E-state index contributed by atoms with van der Waals surface area (Å²) < 4.78 is 0. The summed E-state index contributed by atoms with van der Waals surface area (Å²) in [4.78, 5) is 20.9. The van der Waals surface area contributed by atoms with E-state index in [1.165, 1.54) is 6.92 Å². The molecule has 2 heteroatoms. The van der Waals surface area contributed by atoms with E-state index >= 15 is 0 Å². The van der Waals surface area contributed by atoms with Crippen LogP contribution in [0.25, 0.3) is 0 Å². The zero-order valence-corrected chi connectivity index (χ0v) is 5.73. The first-order valence-electron chi connectivity index (χ1n) is 2.72. The molecule has 0 aliphatic rings. The lowest BCUT2D eigenvalue weighted by Gasteiger charge is -1.91. The van der Waals surface area contributed by atoms with Gasteiger partial charge in [0.15, 0.2) is 5.78 Å². The number of allylic oxidation sites excluding steroid dienone is 1. The van der Waals surface area contributed by atoms with Crippen LogP contribution >= 0.6 is 0 Å². The highest BCUT2D eigenvalue weighted by atomic mass is 16.1. The molecule has 0 amide bonds. The number of Topliss-reactive ketones (excluding diaryl/α,β-unsaturated/α-hetero) is 2. The van der Waals surface area contributed by atoms with Crippen LogP contribution in [-0.2, 0) is 9.59 Å². The van der Waals surface area contributed by atoms with Crippen molar-refractivity contribution in [2.24, 2.45) is 0 Å². The second kappa shape index (κ2) is 3.17. The molecule has 0 saturated heterocycles. The molecule has 0 N–H and O–H groups in total. The fourth-order valence-corrected chi connectivity index (χ4v) is 0.377. The van der Waals surface area contributed by atoms with Gasteiger partial charge in [-0.15, -0.1) is 0 Å².